The van der Waals surface area contributed by atoms with Crippen molar-refractivity contribution in [3.05, 3.63) is 119 Å². The van der Waals surface area contributed by atoms with Crippen molar-refractivity contribution in [3.8, 4) is 5.75 Å². The minimum Gasteiger partial charge on any atom is -0.457 e. The van der Waals surface area contributed by atoms with E-state index < -0.39 is 79.8 Å². The Balaban J connectivity index is 0.784. The van der Waals surface area contributed by atoms with E-state index in [4.69, 9.17) is 28.2 Å². The molecule has 4 saturated carbocycles. The van der Waals surface area contributed by atoms with Crippen molar-refractivity contribution >= 4 is 31.3 Å². The zero-order valence-corrected chi connectivity index (χ0v) is 45.8. The topological polar surface area (TPSA) is 247 Å². The third-order valence-electron chi connectivity index (χ3n) is 17.9. The fraction of sp³-hybridized carbons (Fsp3) is 0.583. The number of pyridine rings is 1. The van der Waals surface area contributed by atoms with Gasteiger partial charge in [0.15, 0.2) is 24.3 Å². The molecule has 17 nitrogen and oxygen atoms in total. The fourth-order valence-electron chi connectivity index (χ4n) is 14.0. The lowest BCUT2D eigenvalue weighted by atomic mass is 9.46. The molecule has 422 valence electrons. The van der Waals surface area contributed by atoms with Gasteiger partial charge in [0.25, 0.3) is 0 Å². The molecule has 5 fully saturated rings. The highest BCUT2D eigenvalue weighted by Gasteiger charge is 2.76. The third-order valence-corrected chi connectivity index (χ3v) is 18.3. The van der Waals surface area contributed by atoms with Crippen LogP contribution in [0, 0.1) is 34.5 Å². The Morgan fingerprint density at radius 2 is 1.63 bits per heavy atom. The molecular weight excluding hydrogens is 1020 g/mol. The van der Waals surface area contributed by atoms with E-state index in [0.717, 1.165) is 102 Å². The third kappa shape index (κ3) is 12.8. The Labute approximate surface area is 457 Å². The monoisotopic (exact) mass is 1100 g/mol. The number of allylic oxidation sites excluding steroid dienone is 4. The quantitative estimate of drug-likeness (QED) is 0.0302. The predicted molar refractivity (Wildman–Crippen MR) is 287 cm³/mol. The van der Waals surface area contributed by atoms with Gasteiger partial charge in [-0.05, 0) is 130 Å². The Hall–Kier alpha value is -4.94. The number of phosphoric acid groups is 1. The molecule has 1 saturated heterocycles. The van der Waals surface area contributed by atoms with Gasteiger partial charge in [-0.2, -0.15) is 0 Å². The lowest BCUT2D eigenvalue weighted by Gasteiger charge is -2.59. The summed E-state index contributed by atoms with van der Waals surface area (Å²) in [5.41, 5.74) is -0.382. The molecule has 1 unspecified atom stereocenters. The molecule has 1 aromatic heterocycles. The number of nitrogens with one attached hydrogen (secondary N) is 1. The van der Waals surface area contributed by atoms with Gasteiger partial charge < -0.3 is 43.7 Å². The van der Waals surface area contributed by atoms with Crippen LogP contribution < -0.4 is 9.84 Å². The first-order chi connectivity index (χ1) is 37.5. The van der Waals surface area contributed by atoms with Crippen LogP contribution in [0.3, 0.4) is 0 Å². The second kappa shape index (κ2) is 25.2. The number of aliphatic hydroxyl groups excluding tert-OH is 2. The number of benzene rings is 2. The Morgan fingerprint density at radius 1 is 0.897 bits per heavy atom. The first-order valence-electron chi connectivity index (χ1n) is 28.2. The van der Waals surface area contributed by atoms with Gasteiger partial charge in [0.05, 0.1) is 29.4 Å². The van der Waals surface area contributed by atoms with E-state index in [2.05, 4.69) is 41.5 Å². The number of hydrogen-bond acceptors (Lipinski definition) is 15. The number of rotatable bonds is 25. The van der Waals surface area contributed by atoms with Crippen LogP contribution in [0.4, 0.5) is 0 Å². The van der Waals surface area contributed by atoms with Gasteiger partial charge in [0.2, 0.25) is 5.78 Å². The smallest absolute Gasteiger partial charge is 0.457 e. The van der Waals surface area contributed by atoms with Crippen LogP contribution in [-0.2, 0) is 50.9 Å². The summed E-state index contributed by atoms with van der Waals surface area (Å²) in [6.45, 7) is 5.27. The molecule has 78 heavy (non-hydrogen) atoms. The number of esters is 2. The molecule has 5 N–H and O–H groups in total. The van der Waals surface area contributed by atoms with Crippen molar-refractivity contribution in [2.45, 2.75) is 153 Å². The fourth-order valence-corrected chi connectivity index (χ4v) is 14.4. The SMILES string of the molecule is C[C@]12C=CC(=O)C=C1CC[C@@H]1[C@@H]2[C@@H](O)C[C@@]2(C)[C@H]1CC1O[C@@H](C3CCCCC3)O[C@]12C(=O)COC(=O)c1cncc(C(=O)OCc2cc([C@@H](O)CNCCCCCCOCCCCc3ccccc3)ccc2OP(=O)(O)O)c1. The normalized spacial score (nSPS) is 28.9. The molecule has 18 heteroatoms. The van der Waals surface area contributed by atoms with E-state index >= 15 is 4.79 Å². The standard InChI is InChI=1S/C60H77N2O15P/c1-58-25-24-46(63)31-45(58)21-22-47-48-32-53-60(59(48,2)33-49(64)54(47)58,76-57(75-53)40-18-9-6-10-19-40)52(66)38-74-56(68)43-30-42(34-62-35-43)55(67)73-37-44-29-41(20-23-51(44)77-78(69,70)71)50(65)36-61-26-12-3-4-13-27-72-28-14-11-17-39-15-7-5-8-16-39/h5,7-8,15-16,20,23-25,29-31,34-35,40,47-50,53-54,57,61,64-65H,3-4,6,9-14,17-19,21-22,26-28,32-33,36-38H2,1-2H3,(H2,69,70,71)/t47-,48-,49-,50-,53?,54+,57+,58-,59-,60+/m0/s1. The maximum absolute atomic E-state index is 15.0. The first kappa shape index (κ1) is 57.7. The number of fused-ring (bicyclic) bond motifs is 7. The minimum absolute atomic E-state index is 0.00154. The molecule has 0 bridgehead atoms. The average Bonchev–Trinajstić information content (AvgIpc) is 3.17. The lowest BCUT2D eigenvalue weighted by Crippen LogP contribution is -2.63. The summed E-state index contributed by atoms with van der Waals surface area (Å²) in [4.78, 5) is 78.1. The maximum atomic E-state index is 15.0. The van der Waals surface area contributed by atoms with Gasteiger partial charge in [-0.3, -0.25) is 24.4 Å². The number of aliphatic hydroxyl groups is 2. The number of ether oxygens (including phenoxy) is 5. The van der Waals surface area contributed by atoms with E-state index in [-0.39, 0.29) is 64.9 Å². The minimum atomic E-state index is -5.04. The number of aromatic nitrogens is 1. The molecule has 9 rings (SSSR count). The highest BCUT2D eigenvalue weighted by Crippen LogP contribution is 2.70. The van der Waals surface area contributed by atoms with Crippen LogP contribution in [-0.4, -0.2) is 105 Å². The highest BCUT2D eigenvalue weighted by atomic mass is 31.2. The summed E-state index contributed by atoms with van der Waals surface area (Å²) < 4.78 is 47.7. The van der Waals surface area contributed by atoms with Crippen molar-refractivity contribution in [1.29, 1.82) is 0 Å². The molecular formula is C60H77N2O15P. The molecule has 1 aliphatic heterocycles. The largest absolute Gasteiger partial charge is 0.524 e. The second-order valence-electron chi connectivity index (χ2n) is 22.9. The van der Waals surface area contributed by atoms with E-state index in [1.54, 1.807) is 12.2 Å². The van der Waals surface area contributed by atoms with E-state index in [0.29, 0.717) is 24.9 Å². The van der Waals surface area contributed by atoms with Crippen molar-refractivity contribution in [2.75, 3.05) is 32.9 Å². The predicted octanol–water partition coefficient (Wildman–Crippen LogP) is 8.81. The van der Waals surface area contributed by atoms with Crippen LogP contribution in [0.2, 0.25) is 0 Å². The number of hydrogen-bond donors (Lipinski definition) is 5. The summed E-state index contributed by atoms with van der Waals surface area (Å²) in [7, 11) is -5.04. The molecule has 5 aliphatic carbocycles. The molecule has 0 amide bonds. The number of carbonyl (C=O) groups excluding carboxylic acids is 4. The van der Waals surface area contributed by atoms with Gasteiger partial charge in [-0.15, -0.1) is 0 Å². The van der Waals surface area contributed by atoms with Crippen molar-refractivity contribution in [1.82, 2.24) is 10.3 Å². The van der Waals surface area contributed by atoms with Gasteiger partial charge in [0.1, 0.15) is 12.4 Å². The zero-order valence-electron chi connectivity index (χ0n) is 44.9. The Morgan fingerprint density at radius 3 is 2.38 bits per heavy atom. The number of carbonyl (C=O) groups is 4. The van der Waals surface area contributed by atoms with Crippen LogP contribution in [0.15, 0.2) is 90.8 Å². The number of phosphoric ester groups is 1. The second-order valence-corrected chi connectivity index (χ2v) is 24.0. The molecule has 0 radical (unpaired) electrons. The Bertz CT molecular complexity index is 2720. The molecule has 2 aromatic carbocycles. The van der Waals surface area contributed by atoms with Crippen molar-refractivity contribution in [3.63, 3.8) is 0 Å². The van der Waals surface area contributed by atoms with Crippen LogP contribution in [0.25, 0.3) is 0 Å². The molecule has 2 heterocycles. The number of unbranched alkanes of at least 4 members (excludes halogenated alkanes) is 4. The van der Waals surface area contributed by atoms with Gasteiger partial charge in [-0.25, -0.2) is 14.2 Å². The van der Waals surface area contributed by atoms with E-state index in [9.17, 15) is 38.9 Å². The van der Waals surface area contributed by atoms with Gasteiger partial charge in [0, 0.05) is 60.4 Å². The number of nitrogens with zero attached hydrogens (tertiary/aromatic N) is 1. The molecule has 0 spiro atoms. The molecule has 6 aliphatic rings. The summed E-state index contributed by atoms with van der Waals surface area (Å²) in [6.07, 6.45) is 18.8. The van der Waals surface area contributed by atoms with E-state index in [1.807, 2.05) is 19.1 Å². The Kier molecular flexibility index (Phi) is 18.7. The summed E-state index contributed by atoms with van der Waals surface area (Å²) in [5.74, 6) is -2.80. The molecule has 10 atom stereocenters. The van der Waals surface area contributed by atoms with Crippen molar-refractivity contribution < 1.29 is 72.0 Å². The lowest BCUT2D eigenvalue weighted by molar-refractivity contribution is -0.209. The summed E-state index contributed by atoms with van der Waals surface area (Å²) in [6, 6.07) is 15.8. The van der Waals surface area contributed by atoms with Crippen LogP contribution in [0.1, 0.15) is 154 Å². The number of ketones is 2. The first-order valence-corrected chi connectivity index (χ1v) is 29.7. The highest BCUT2D eigenvalue weighted by molar-refractivity contribution is 7.46. The average molecular weight is 1100 g/mol. The molecule has 3 aromatic rings. The van der Waals surface area contributed by atoms with Crippen LogP contribution in [0.5, 0.6) is 5.75 Å². The summed E-state index contributed by atoms with van der Waals surface area (Å²) >= 11 is 0. The van der Waals surface area contributed by atoms with E-state index in [1.165, 1.54) is 42.2 Å². The van der Waals surface area contributed by atoms with Crippen molar-refractivity contribution in [2.24, 2.45) is 34.5 Å². The zero-order chi connectivity index (χ0) is 55.1. The number of Topliss-reactive ketones (excluding diaryl/α,β-unsaturated/α-hetero) is 1. The number of aryl methyl sites for hydroxylation is 1. The van der Waals surface area contributed by atoms with Gasteiger partial charge >= 0.3 is 19.8 Å². The summed E-state index contributed by atoms with van der Waals surface area (Å²) in [5, 5.41) is 26.5. The van der Waals surface area contributed by atoms with Crippen LogP contribution >= 0.6 is 7.82 Å². The maximum Gasteiger partial charge on any atom is 0.524 e. The van der Waals surface area contributed by atoms with Gasteiger partial charge in [-0.1, -0.05) is 94.0 Å².